The molecule has 1 unspecified atom stereocenters. The van der Waals surface area contributed by atoms with E-state index in [1.807, 2.05) is 13.0 Å². The smallest absolute Gasteiger partial charge is 0.199 e. The van der Waals surface area contributed by atoms with Crippen LogP contribution in [0.3, 0.4) is 0 Å². The van der Waals surface area contributed by atoms with Gasteiger partial charge in [0.15, 0.2) is 10.6 Å². The summed E-state index contributed by atoms with van der Waals surface area (Å²) < 4.78 is 17.1. The number of anilines is 1. The molecule has 0 fully saturated rings. The van der Waals surface area contributed by atoms with E-state index in [2.05, 4.69) is 20.8 Å². The summed E-state index contributed by atoms with van der Waals surface area (Å²) in [5.74, 6) is 0.538. The molecule has 1 rings (SSSR count). The number of ether oxygens (including phenoxy) is 1. The first-order valence-electron chi connectivity index (χ1n) is 5.51. The van der Waals surface area contributed by atoms with E-state index < -0.39 is 11.2 Å². The highest BCUT2D eigenvalue weighted by Crippen LogP contribution is 2.39. The number of nitrogens with two attached hydrogens (primary N) is 1. The fraction of sp³-hybridized carbons (Fsp3) is 0.538. The summed E-state index contributed by atoms with van der Waals surface area (Å²) >= 11 is -1.11. The van der Waals surface area contributed by atoms with Crippen molar-refractivity contribution in [2.75, 3.05) is 19.1 Å². The van der Waals surface area contributed by atoms with Crippen LogP contribution >= 0.6 is 0 Å². The van der Waals surface area contributed by atoms with Gasteiger partial charge >= 0.3 is 0 Å². The number of hydrogen-bond acceptors (Lipinski definition) is 3. The van der Waals surface area contributed by atoms with Gasteiger partial charge in [0.2, 0.25) is 0 Å². The molecule has 0 aromatic heterocycles. The Morgan fingerprint density at radius 3 is 2.24 bits per heavy atom. The predicted octanol–water partition coefficient (Wildman–Crippen LogP) is 2.62. The Bertz CT molecular complexity index is 422. The number of benzene rings is 1. The maximum absolute atomic E-state index is 11.9. The fourth-order valence-corrected chi connectivity index (χ4v) is 3.09. The van der Waals surface area contributed by atoms with Gasteiger partial charge in [0, 0.05) is 5.56 Å². The van der Waals surface area contributed by atoms with Gasteiger partial charge in [-0.15, -0.1) is 0 Å². The molecule has 0 bridgehead atoms. The average Bonchev–Trinajstić information content (AvgIpc) is 2.17. The molecule has 1 atom stereocenters. The van der Waals surface area contributed by atoms with E-state index in [4.69, 9.17) is 10.5 Å². The normalized spacial score (nSPS) is 13.6. The third kappa shape index (κ3) is 2.69. The molecule has 17 heavy (non-hydrogen) atoms. The van der Waals surface area contributed by atoms with Crippen LogP contribution in [-0.4, -0.2) is 17.9 Å². The highest BCUT2D eigenvalue weighted by Gasteiger charge is 2.27. The Labute approximate surface area is 107 Å². The van der Waals surface area contributed by atoms with Crippen LogP contribution in [0.25, 0.3) is 0 Å². The second kappa shape index (κ2) is 4.78. The van der Waals surface area contributed by atoms with Gasteiger partial charge in [-0.3, -0.25) is 0 Å². The molecule has 0 radical (unpaired) electrons. The summed E-state index contributed by atoms with van der Waals surface area (Å²) in [6, 6.07) is 1.92. The van der Waals surface area contributed by atoms with Crippen molar-refractivity contribution in [1.82, 2.24) is 0 Å². The van der Waals surface area contributed by atoms with E-state index >= 15 is 0 Å². The summed E-state index contributed by atoms with van der Waals surface area (Å²) in [4.78, 5) is 0.706. The lowest BCUT2D eigenvalue weighted by Gasteiger charge is -2.25. The zero-order valence-electron chi connectivity index (χ0n) is 11.4. The van der Waals surface area contributed by atoms with E-state index in [1.54, 1.807) is 13.4 Å². The second-order valence-corrected chi connectivity index (χ2v) is 6.52. The van der Waals surface area contributed by atoms with Crippen LogP contribution in [0, 0.1) is 6.92 Å². The Morgan fingerprint density at radius 2 is 1.88 bits per heavy atom. The first-order valence-corrected chi connectivity index (χ1v) is 7.07. The van der Waals surface area contributed by atoms with E-state index in [0.717, 1.165) is 11.1 Å². The monoisotopic (exact) mass is 255 g/mol. The predicted molar refractivity (Wildman–Crippen MR) is 73.2 cm³/mol. The van der Waals surface area contributed by atoms with Crippen molar-refractivity contribution in [3.8, 4) is 5.75 Å². The summed E-state index contributed by atoms with van der Waals surface area (Å²) in [5, 5.41) is 0. The maximum Gasteiger partial charge on any atom is 0.199 e. The molecule has 0 aliphatic heterocycles. The molecule has 0 aliphatic rings. The third-order valence-corrected chi connectivity index (χ3v) is 3.88. The zero-order valence-corrected chi connectivity index (χ0v) is 12.2. The van der Waals surface area contributed by atoms with Gasteiger partial charge in [-0.2, -0.15) is 0 Å². The topological polar surface area (TPSA) is 58.3 Å². The molecule has 1 aromatic carbocycles. The molecule has 3 nitrogen and oxygen atoms in total. The van der Waals surface area contributed by atoms with E-state index in [0.29, 0.717) is 16.3 Å². The zero-order chi connectivity index (χ0) is 13.4. The van der Waals surface area contributed by atoms with Crippen molar-refractivity contribution in [3.63, 3.8) is 0 Å². The standard InChI is InChI=1S/C13H21NO2S/c1-8-9(13(2,3)4)7-10(14)11(16-5)12(8)17(6)15/h7H,14H2,1-6H3. The lowest BCUT2D eigenvalue weighted by molar-refractivity contribution is 0.403. The third-order valence-electron chi connectivity index (χ3n) is 2.81. The summed E-state index contributed by atoms with van der Waals surface area (Å²) in [5.41, 5.74) is 8.61. The fourth-order valence-electron chi connectivity index (χ4n) is 2.09. The molecule has 0 aliphatic carbocycles. The van der Waals surface area contributed by atoms with Crippen LogP contribution in [-0.2, 0) is 16.6 Å². The lowest BCUT2D eigenvalue weighted by atomic mass is 9.83. The molecule has 0 spiro atoms. The van der Waals surface area contributed by atoms with Gasteiger partial charge in [-0.05, 0) is 35.1 Å². The van der Waals surface area contributed by atoms with Crippen LogP contribution in [0.5, 0.6) is 5.75 Å². The molecule has 0 saturated carbocycles. The van der Waals surface area contributed by atoms with Gasteiger partial charge in [-0.25, -0.2) is 0 Å². The first kappa shape index (κ1) is 14.2. The van der Waals surface area contributed by atoms with E-state index in [-0.39, 0.29) is 5.41 Å². The maximum atomic E-state index is 11.9. The van der Waals surface area contributed by atoms with E-state index in [9.17, 15) is 4.55 Å². The van der Waals surface area contributed by atoms with Gasteiger partial charge in [-0.1, -0.05) is 20.8 Å². The number of rotatable bonds is 2. The Morgan fingerprint density at radius 1 is 1.35 bits per heavy atom. The molecule has 96 valence electrons. The van der Waals surface area contributed by atoms with Crippen molar-refractivity contribution >= 4 is 16.9 Å². The van der Waals surface area contributed by atoms with Gasteiger partial charge < -0.3 is 15.0 Å². The first-order chi connectivity index (χ1) is 7.70. The molecule has 1 aromatic rings. The van der Waals surface area contributed by atoms with Gasteiger partial charge in [0.1, 0.15) is 6.26 Å². The van der Waals surface area contributed by atoms with Crippen molar-refractivity contribution in [1.29, 1.82) is 0 Å². The number of methoxy groups -OCH3 is 1. The van der Waals surface area contributed by atoms with Crippen LogP contribution in [0.4, 0.5) is 5.69 Å². The summed E-state index contributed by atoms with van der Waals surface area (Å²) in [6.07, 6.45) is 1.65. The van der Waals surface area contributed by atoms with Gasteiger partial charge in [0.05, 0.1) is 12.8 Å². The van der Waals surface area contributed by atoms with Crippen LogP contribution in [0.2, 0.25) is 0 Å². The van der Waals surface area contributed by atoms with Crippen molar-refractivity contribution < 1.29 is 9.29 Å². The SMILES string of the molecule is COc1c(N)cc(C(C)(C)C)c(C)c1[S+](C)[O-]. The number of hydrogen-bond donors (Lipinski definition) is 1. The van der Waals surface area contributed by atoms with E-state index in [1.165, 1.54) is 0 Å². The minimum absolute atomic E-state index is 0.0292. The minimum Gasteiger partial charge on any atom is -0.612 e. The number of nitrogen functional groups attached to an aromatic ring is 1. The van der Waals surface area contributed by atoms with Crippen molar-refractivity contribution in [3.05, 3.63) is 17.2 Å². The van der Waals surface area contributed by atoms with Crippen molar-refractivity contribution in [2.24, 2.45) is 0 Å². The minimum atomic E-state index is -1.11. The van der Waals surface area contributed by atoms with Crippen molar-refractivity contribution in [2.45, 2.75) is 38.0 Å². The molecule has 0 amide bonds. The van der Waals surface area contributed by atoms with Crippen LogP contribution in [0.1, 0.15) is 31.9 Å². The van der Waals surface area contributed by atoms with Gasteiger partial charge in [0.25, 0.3) is 0 Å². The molecule has 0 saturated heterocycles. The average molecular weight is 255 g/mol. The Hall–Kier alpha value is -0.870. The lowest BCUT2D eigenvalue weighted by Crippen LogP contribution is -2.17. The molecule has 4 heteroatoms. The highest BCUT2D eigenvalue weighted by molar-refractivity contribution is 7.90. The molecular weight excluding hydrogens is 234 g/mol. The second-order valence-electron chi connectivity index (χ2n) is 5.20. The molecule has 2 N–H and O–H groups in total. The largest absolute Gasteiger partial charge is 0.612 e. The highest BCUT2D eigenvalue weighted by atomic mass is 32.2. The quantitative estimate of drug-likeness (QED) is 0.653. The summed E-state index contributed by atoms with van der Waals surface area (Å²) in [7, 11) is 1.55. The Kier molecular flexibility index (Phi) is 3.99. The Balaban J connectivity index is 3.61. The summed E-state index contributed by atoms with van der Waals surface area (Å²) in [6.45, 7) is 8.32. The molecular formula is C13H21NO2S. The van der Waals surface area contributed by atoms with Crippen LogP contribution in [0.15, 0.2) is 11.0 Å². The van der Waals surface area contributed by atoms with Crippen LogP contribution < -0.4 is 10.5 Å². The molecule has 0 heterocycles.